The van der Waals surface area contributed by atoms with Crippen molar-refractivity contribution in [3.8, 4) is 17.1 Å². The van der Waals surface area contributed by atoms with Crippen LogP contribution in [0.25, 0.3) is 22.7 Å². The first-order valence-electron chi connectivity index (χ1n) is 7.15. The van der Waals surface area contributed by atoms with E-state index in [4.69, 9.17) is 4.42 Å². The van der Waals surface area contributed by atoms with Gasteiger partial charge in [0.15, 0.2) is 0 Å². The highest BCUT2D eigenvalue weighted by Crippen LogP contribution is 2.31. The fourth-order valence-electron chi connectivity index (χ4n) is 2.28. The van der Waals surface area contributed by atoms with Crippen LogP contribution in [0.15, 0.2) is 58.5 Å². The van der Waals surface area contributed by atoms with Gasteiger partial charge in [-0.15, -0.1) is 5.10 Å². The first-order chi connectivity index (χ1) is 11.8. The van der Waals surface area contributed by atoms with Crippen molar-refractivity contribution >= 4 is 5.57 Å². The number of hydrogen-bond donors (Lipinski definition) is 0. The molecule has 1 aromatic carbocycles. The summed E-state index contributed by atoms with van der Waals surface area (Å²) in [6, 6.07) is 5.96. The summed E-state index contributed by atoms with van der Waals surface area (Å²) >= 11 is 0. The molecule has 8 heteroatoms. The standard InChI is InChI=1S/C17H12F3N3O2/c1-10(2)13-9-21-7-6-14(13)23-16(24)25-15(22-23)11-4-3-5-12(8-11)17(18,19)20/h3-9H,1H2,2H3. The summed E-state index contributed by atoms with van der Waals surface area (Å²) in [4.78, 5) is 16.1. The summed E-state index contributed by atoms with van der Waals surface area (Å²) in [6.07, 6.45) is -1.52. The molecule has 0 radical (unpaired) electrons. The summed E-state index contributed by atoms with van der Waals surface area (Å²) in [5.41, 5.74) is 0.812. The zero-order valence-electron chi connectivity index (χ0n) is 13.0. The van der Waals surface area contributed by atoms with Crippen LogP contribution in [-0.2, 0) is 6.18 Å². The zero-order chi connectivity index (χ0) is 18.2. The summed E-state index contributed by atoms with van der Waals surface area (Å²) in [5, 5.41) is 4.02. The third-order valence-electron chi connectivity index (χ3n) is 3.47. The third kappa shape index (κ3) is 3.23. The number of halogens is 3. The molecule has 0 aliphatic rings. The molecule has 25 heavy (non-hydrogen) atoms. The molecule has 0 aliphatic heterocycles. The van der Waals surface area contributed by atoms with Gasteiger partial charge in [0.1, 0.15) is 0 Å². The molecule has 2 aromatic heterocycles. The first kappa shape index (κ1) is 16.7. The van der Waals surface area contributed by atoms with E-state index in [9.17, 15) is 18.0 Å². The lowest BCUT2D eigenvalue weighted by Gasteiger charge is -2.07. The largest absolute Gasteiger partial charge is 0.442 e. The first-order valence-corrected chi connectivity index (χ1v) is 7.15. The second-order valence-corrected chi connectivity index (χ2v) is 5.34. The molecule has 3 aromatic rings. The molecule has 0 aliphatic carbocycles. The second kappa shape index (κ2) is 6.04. The molecule has 0 saturated heterocycles. The van der Waals surface area contributed by atoms with Gasteiger partial charge in [-0.25, -0.2) is 4.79 Å². The fraction of sp³-hybridized carbons (Fsp3) is 0.118. The molecule has 3 rings (SSSR count). The summed E-state index contributed by atoms with van der Waals surface area (Å²) in [5.74, 6) is -1.03. The van der Waals surface area contributed by atoms with E-state index in [-0.39, 0.29) is 11.5 Å². The quantitative estimate of drug-likeness (QED) is 0.720. The SMILES string of the molecule is C=C(C)c1cnccc1-n1nc(-c2cccc(C(F)(F)F)c2)oc1=O. The van der Waals surface area contributed by atoms with E-state index in [1.54, 1.807) is 13.0 Å². The zero-order valence-corrected chi connectivity index (χ0v) is 13.0. The van der Waals surface area contributed by atoms with Crippen molar-refractivity contribution in [3.05, 3.63) is 71.0 Å². The van der Waals surface area contributed by atoms with Crippen LogP contribution in [0.2, 0.25) is 0 Å². The Bertz CT molecular complexity index is 1000. The topological polar surface area (TPSA) is 60.9 Å². The molecule has 0 fully saturated rings. The van der Waals surface area contributed by atoms with Crippen molar-refractivity contribution in [2.24, 2.45) is 0 Å². The predicted molar refractivity (Wildman–Crippen MR) is 85.0 cm³/mol. The van der Waals surface area contributed by atoms with Gasteiger partial charge < -0.3 is 4.42 Å². The van der Waals surface area contributed by atoms with E-state index in [0.717, 1.165) is 16.8 Å². The van der Waals surface area contributed by atoms with Gasteiger partial charge in [0.25, 0.3) is 0 Å². The number of rotatable bonds is 3. The number of allylic oxidation sites excluding steroid dienone is 1. The van der Waals surface area contributed by atoms with Crippen LogP contribution in [0, 0.1) is 0 Å². The Balaban J connectivity index is 2.11. The number of aromatic nitrogens is 3. The number of hydrogen-bond acceptors (Lipinski definition) is 4. The highest BCUT2D eigenvalue weighted by molar-refractivity contribution is 5.68. The molecule has 0 saturated carbocycles. The van der Waals surface area contributed by atoms with E-state index in [0.29, 0.717) is 16.8 Å². The van der Waals surface area contributed by atoms with Crippen molar-refractivity contribution in [2.45, 2.75) is 13.1 Å². The molecule has 0 atom stereocenters. The molecule has 5 nitrogen and oxygen atoms in total. The van der Waals surface area contributed by atoms with Gasteiger partial charge in [0.2, 0.25) is 5.89 Å². The number of benzene rings is 1. The molecular weight excluding hydrogens is 335 g/mol. The average Bonchev–Trinajstić information content (AvgIpc) is 2.96. The van der Waals surface area contributed by atoms with Crippen LogP contribution < -0.4 is 5.76 Å². The van der Waals surface area contributed by atoms with Crippen molar-refractivity contribution in [3.63, 3.8) is 0 Å². The minimum atomic E-state index is -4.50. The van der Waals surface area contributed by atoms with Gasteiger partial charge in [0.05, 0.1) is 11.3 Å². The van der Waals surface area contributed by atoms with Gasteiger partial charge in [-0.05, 0) is 36.8 Å². The van der Waals surface area contributed by atoms with E-state index >= 15 is 0 Å². The fourth-order valence-corrected chi connectivity index (χ4v) is 2.28. The lowest BCUT2D eigenvalue weighted by Crippen LogP contribution is -2.15. The molecule has 128 valence electrons. The molecule has 0 spiro atoms. The van der Waals surface area contributed by atoms with Crippen molar-refractivity contribution in [1.29, 1.82) is 0 Å². The summed E-state index contributed by atoms with van der Waals surface area (Å²) < 4.78 is 44.5. The second-order valence-electron chi connectivity index (χ2n) is 5.34. The highest BCUT2D eigenvalue weighted by Gasteiger charge is 2.31. The van der Waals surface area contributed by atoms with Gasteiger partial charge in [0, 0.05) is 23.5 Å². The summed E-state index contributed by atoms with van der Waals surface area (Å²) in [7, 11) is 0. The molecular formula is C17H12F3N3O2. The number of alkyl halides is 3. The molecule has 2 heterocycles. The number of pyridine rings is 1. The van der Waals surface area contributed by atoms with Crippen LogP contribution in [0.1, 0.15) is 18.1 Å². The van der Waals surface area contributed by atoms with Gasteiger partial charge in [-0.1, -0.05) is 12.6 Å². The predicted octanol–water partition coefficient (Wildman–Crippen LogP) is 3.94. The Labute approximate surface area is 140 Å². The van der Waals surface area contributed by atoms with Crippen molar-refractivity contribution < 1.29 is 17.6 Å². The lowest BCUT2D eigenvalue weighted by molar-refractivity contribution is -0.137. The minimum absolute atomic E-state index is 0.0524. The molecule has 0 bridgehead atoms. The Hall–Kier alpha value is -3.16. The van der Waals surface area contributed by atoms with E-state index < -0.39 is 17.5 Å². The molecule has 0 unspecified atom stereocenters. The van der Waals surface area contributed by atoms with Crippen LogP contribution in [0.4, 0.5) is 13.2 Å². The highest BCUT2D eigenvalue weighted by atomic mass is 19.4. The Morgan fingerprint density at radius 3 is 2.72 bits per heavy atom. The van der Waals surface area contributed by atoms with Crippen LogP contribution in [-0.4, -0.2) is 14.8 Å². The third-order valence-corrected chi connectivity index (χ3v) is 3.47. The van der Waals surface area contributed by atoms with Crippen LogP contribution >= 0.6 is 0 Å². The van der Waals surface area contributed by atoms with E-state index in [1.165, 1.54) is 24.5 Å². The maximum Gasteiger partial charge on any atom is 0.442 e. The number of nitrogens with zero attached hydrogens (tertiary/aromatic N) is 3. The van der Waals surface area contributed by atoms with E-state index in [2.05, 4.69) is 16.7 Å². The normalized spacial score (nSPS) is 11.5. The van der Waals surface area contributed by atoms with Gasteiger partial charge >= 0.3 is 11.9 Å². The Morgan fingerprint density at radius 2 is 2.04 bits per heavy atom. The molecule has 0 amide bonds. The van der Waals surface area contributed by atoms with Crippen LogP contribution in [0.5, 0.6) is 0 Å². The Kier molecular flexibility index (Phi) is 4.03. The van der Waals surface area contributed by atoms with Gasteiger partial charge in [-0.2, -0.15) is 17.9 Å². The molecule has 0 N–H and O–H groups in total. The van der Waals surface area contributed by atoms with Crippen molar-refractivity contribution in [2.75, 3.05) is 0 Å². The maximum atomic E-state index is 12.8. The minimum Gasteiger partial charge on any atom is -0.387 e. The average molecular weight is 347 g/mol. The maximum absolute atomic E-state index is 12.8. The monoisotopic (exact) mass is 347 g/mol. The van der Waals surface area contributed by atoms with Crippen LogP contribution in [0.3, 0.4) is 0 Å². The Morgan fingerprint density at radius 1 is 1.28 bits per heavy atom. The van der Waals surface area contributed by atoms with Gasteiger partial charge in [-0.3, -0.25) is 4.98 Å². The van der Waals surface area contributed by atoms with Crippen molar-refractivity contribution in [1.82, 2.24) is 14.8 Å². The summed E-state index contributed by atoms with van der Waals surface area (Å²) in [6.45, 7) is 5.54. The van der Waals surface area contributed by atoms with E-state index in [1.807, 2.05) is 0 Å². The lowest BCUT2D eigenvalue weighted by atomic mass is 10.1. The smallest absolute Gasteiger partial charge is 0.387 e.